The smallest absolute Gasteiger partial charge is 0.362 e. The van der Waals surface area contributed by atoms with Crippen molar-refractivity contribution in [3.63, 3.8) is 0 Å². The van der Waals surface area contributed by atoms with Gasteiger partial charge in [0.25, 0.3) is 11.6 Å². The van der Waals surface area contributed by atoms with Crippen molar-refractivity contribution in [3.8, 4) is 0 Å². The summed E-state index contributed by atoms with van der Waals surface area (Å²) in [5.74, 6) is -0.998. The number of carbonyl (C=O) groups is 1. The Morgan fingerprint density at radius 2 is 2.19 bits per heavy atom. The van der Waals surface area contributed by atoms with Crippen molar-refractivity contribution in [2.75, 3.05) is 0 Å². The molecule has 116 valence electrons. The number of aliphatic hydroxyl groups is 1. The Balaban J connectivity index is 2.32. The molecule has 0 aliphatic carbocycles. The maximum absolute atomic E-state index is 13.1. The number of alkyl halides is 3. The minimum atomic E-state index is -5.01. The predicted molar refractivity (Wildman–Crippen MR) is 70.2 cm³/mol. The highest BCUT2D eigenvalue weighted by Gasteiger charge is 2.63. The van der Waals surface area contributed by atoms with Crippen molar-refractivity contribution in [1.29, 1.82) is 0 Å². The summed E-state index contributed by atoms with van der Waals surface area (Å²) >= 11 is 3.13. The first-order valence-electron chi connectivity index (χ1n) is 5.93. The van der Waals surface area contributed by atoms with Crippen LogP contribution >= 0.6 is 15.9 Å². The Morgan fingerprint density at radius 3 is 2.67 bits per heavy atom. The predicted octanol–water partition coefficient (Wildman–Crippen LogP) is 2.07. The van der Waals surface area contributed by atoms with Crippen LogP contribution in [0.2, 0.25) is 0 Å². The molecular formula is C11H12BrF3N4O2. The summed E-state index contributed by atoms with van der Waals surface area (Å²) in [6.07, 6.45) is -2.92. The number of nitrogens with zero attached hydrogens (tertiary/aromatic N) is 4. The van der Waals surface area contributed by atoms with Gasteiger partial charge in [-0.2, -0.15) is 28.4 Å². The highest BCUT2D eigenvalue weighted by molar-refractivity contribution is 9.10. The summed E-state index contributed by atoms with van der Waals surface area (Å²) in [6, 6.07) is -1.04. The Kier molecular flexibility index (Phi) is 3.87. The SMILES string of the molecule is CC1=NN(C(=O)[C@@H](C)n2cc(Br)cn2)[C@@](O)(C(F)(F)F)C1. The fourth-order valence-corrected chi connectivity index (χ4v) is 2.29. The van der Waals surface area contributed by atoms with Gasteiger partial charge in [-0.05, 0) is 29.8 Å². The molecule has 1 aliphatic heterocycles. The fraction of sp³-hybridized carbons (Fsp3) is 0.545. The average Bonchev–Trinajstić information content (AvgIpc) is 2.91. The molecule has 2 rings (SSSR count). The van der Waals surface area contributed by atoms with Crippen LogP contribution in [0, 0.1) is 0 Å². The maximum Gasteiger partial charge on any atom is 0.438 e. The summed E-state index contributed by atoms with van der Waals surface area (Å²) in [5.41, 5.74) is -3.29. The largest absolute Gasteiger partial charge is 0.438 e. The maximum atomic E-state index is 13.1. The molecule has 0 unspecified atom stereocenters. The standard InChI is InChI=1S/C11H12BrF3N4O2/c1-6-3-10(21,11(13,14)15)19(17-6)9(20)7(2)18-5-8(12)4-16-18/h4-5,7,21H,3H2,1-2H3/t7-,10+/m1/s1. The molecule has 1 amide bonds. The van der Waals surface area contributed by atoms with Gasteiger partial charge in [0.15, 0.2) is 0 Å². The summed E-state index contributed by atoms with van der Waals surface area (Å²) in [7, 11) is 0. The summed E-state index contributed by atoms with van der Waals surface area (Å²) in [5, 5.41) is 17.3. The number of amides is 1. The molecule has 0 spiro atoms. The van der Waals surface area contributed by atoms with Crippen LogP contribution in [0.1, 0.15) is 26.3 Å². The second kappa shape index (κ2) is 5.09. The van der Waals surface area contributed by atoms with Crippen molar-refractivity contribution in [2.45, 2.75) is 38.2 Å². The molecule has 0 saturated heterocycles. The second-order valence-electron chi connectivity index (χ2n) is 4.79. The number of rotatable bonds is 2. The van der Waals surface area contributed by atoms with Crippen LogP contribution in [0.15, 0.2) is 22.0 Å². The molecule has 1 aliphatic rings. The lowest BCUT2D eigenvalue weighted by molar-refractivity contribution is -0.303. The molecule has 0 bridgehead atoms. The van der Waals surface area contributed by atoms with E-state index in [1.54, 1.807) is 0 Å². The summed E-state index contributed by atoms with van der Waals surface area (Å²) in [4.78, 5) is 12.2. The molecule has 0 radical (unpaired) electrons. The van der Waals surface area contributed by atoms with E-state index in [4.69, 9.17) is 0 Å². The molecule has 2 atom stereocenters. The van der Waals surface area contributed by atoms with Crippen LogP contribution in [-0.4, -0.2) is 43.4 Å². The van der Waals surface area contributed by atoms with E-state index in [1.165, 1.54) is 30.9 Å². The third kappa shape index (κ3) is 2.69. The topological polar surface area (TPSA) is 70.7 Å². The van der Waals surface area contributed by atoms with E-state index in [1.807, 2.05) is 0 Å². The molecular weight excluding hydrogens is 357 g/mol. The molecule has 0 fully saturated rings. The van der Waals surface area contributed by atoms with Gasteiger partial charge >= 0.3 is 6.18 Å². The van der Waals surface area contributed by atoms with Crippen molar-refractivity contribution in [3.05, 3.63) is 16.9 Å². The average molecular weight is 369 g/mol. The van der Waals surface area contributed by atoms with Gasteiger partial charge in [0.05, 0.1) is 10.7 Å². The van der Waals surface area contributed by atoms with E-state index in [2.05, 4.69) is 26.1 Å². The van der Waals surface area contributed by atoms with E-state index in [0.29, 0.717) is 4.47 Å². The van der Waals surface area contributed by atoms with Crippen LogP contribution in [0.4, 0.5) is 13.2 Å². The van der Waals surface area contributed by atoms with Crippen LogP contribution < -0.4 is 0 Å². The van der Waals surface area contributed by atoms with Crippen molar-refractivity contribution in [2.24, 2.45) is 5.10 Å². The number of hydrazone groups is 1. The first-order valence-corrected chi connectivity index (χ1v) is 6.72. The minimum Gasteiger partial charge on any atom is -0.362 e. The molecule has 1 N–H and O–H groups in total. The zero-order chi connectivity index (χ0) is 16.0. The van der Waals surface area contributed by atoms with Gasteiger partial charge in [-0.25, -0.2) is 0 Å². The van der Waals surface area contributed by atoms with E-state index in [9.17, 15) is 23.1 Å². The Morgan fingerprint density at radius 1 is 1.57 bits per heavy atom. The summed E-state index contributed by atoms with van der Waals surface area (Å²) in [6.45, 7) is 2.70. The highest BCUT2D eigenvalue weighted by Crippen LogP contribution is 2.41. The van der Waals surface area contributed by atoms with Gasteiger partial charge in [-0.1, -0.05) is 0 Å². The van der Waals surface area contributed by atoms with E-state index < -0.39 is 30.3 Å². The van der Waals surface area contributed by atoms with Crippen molar-refractivity contribution < 1.29 is 23.1 Å². The van der Waals surface area contributed by atoms with Crippen LogP contribution in [0.3, 0.4) is 0 Å². The zero-order valence-corrected chi connectivity index (χ0v) is 12.7. The van der Waals surface area contributed by atoms with Gasteiger partial charge in [-0.3, -0.25) is 9.48 Å². The normalized spacial score (nSPS) is 24.1. The van der Waals surface area contributed by atoms with E-state index in [0.717, 1.165) is 0 Å². The molecule has 1 aromatic heterocycles. The first kappa shape index (κ1) is 16.0. The number of hydrogen-bond donors (Lipinski definition) is 1. The van der Waals surface area contributed by atoms with E-state index >= 15 is 0 Å². The third-order valence-corrected chi connectivity index (χ3v) is 3.52. The van der Waals surface area contributed by atoms with Gasteiger partial charge in [0.1, 0.15) is 6.04 Å². The molecule has 0 saturated carbocycles. The molecule has 10 heteroatoms. The lowest BCUT2D eigenvalue weighted by Crippen LogP contribution is -2.57. The quantitative estimate of drug-likeness (QED) is 0.868. The van der Waals surface area contributed by atoms with Gasteiger partial charge < -0.3 is 5.11 Å². The third-order valence-electron chi connectivity index (χ3n) is 3.11. The molecule has 6 nitrogen and oxygen atoms in total. The molecule has 2 heterocycles. The number of carbonyl (C=O) groups excluding carboxylic acids is 1. The lowest BCUT2D eigenvalue weighted by atomic mass is 10.1. The van der Waals surface area contributed by atoms with Crippen molar-refractivity contribution >= 4 is 27.5 Å². The fourth-order valence-electron chi connectivity index (χ4n) is 1.99. The molecule has 21 heavy (non-hydrogen) atoms. The Bertz CT molecular complexity index is 601. The highest BCUT2D eigenvalue weighted by atomic mass is 79.9. The van der Waals surface area contributed by atoms with Gasteiger partial charge in [0.2, 0.25) is 0 Å². The number of hydrogen-bond acceptors (Lipinski definition) is 4. The first-order chi connectivity index (χ1) is 9.56. The minimum absolute atomic E-state index is 0.0250. The molecule has 1 aromatic rings. The van der Waals surface area contributed by atoms with Crippen LogP contribution in [0.5, 0.6) is 0 Å². The Hall–Kier alpha value is -1.42. The number of aromatic nitrogens is 2. The van der Waals surface area contributed by atoms with Crippen LogP contribution in [0.25, 0.3) is 0 Å². The summed E-state index contributed by atoms with van der Waals surface area (Å²) < 4.78 is 40.9. The molecule has 0 aromatic carbocycles. The van der Waals surface area contributed by atoms with Gasteiger partial charge in [0, 0.05) is 18.3 Å². The van der Waals surface area contributed by atoms with Crippen molar-refractivity contribution in [1.82, 2.24) is 14.8 Å². The number of halogens is 4. The van der Waals surface area contributed by atoms with E-state index in [-0.39, 0.29) is 10.7 Å². The zero-order valence-electron chi connectivity index (χ0n) is 11.1. The lowest BCUT2D eigenvalue weighted by Gasteiger charge is -2.33. The monoisotopic (exact) mass is 368 g/mol. The Labute approximate surface area is 126 Å². The van der Waals surface area contributed by atoms with Gasteiger partial charge in [-0.15, -0.1) is 0 Å². The second-order valence-corrected chi connectivity index (χ2v) is 5.71. The van der Waals surface area contributed by atoms with Crippen LogP contribution in [-0.2, 0) is 4.79 Å².